The Hall–Kier alpha value is -1.19. The number of rotatable bonds is 3. The van der Waals surface area contributed by atoms with E-state index in [0.717, 1.165) is 25.7 Å². The van der Waals surface area contributed by atoms with Gasteiger partial charge in [-0.2, -0.15) is 0 Å². The highest BCUT2D eigenvalue weighted by molar-refractivity contribution is 5.98. The number of carbonyl (C=O) groups is 1. The van der Waals surface area contributed by atoms with Crippen LogP contribution in [0.25, 0.3) is 0 Å². The summed E-state index contributed by atoms with van der Waals surface area (Å²) in [5, 5.41) is 7.71. The van der Waals surface area contributed by atoms with Crippen LogP contribution in [-0.4, -0.2) is 20.8 Å². The molecule has 2 rings (SSSR count). The van der Waals surface area contributed by atoms with Crippen molar-refractivity contribution in [3.63, 3.8) is 0 Å². The number of hydrogen-bond acceptors (Lipinski definition) is 3. The molecule has 0 amide bonds. The van der Waals surface area contributed by atoms with Crippen molar-refractivity contribution in [1.29, 1.82) is 0 Å². The summed E-state index contributed by atoms with van der Waals surface area (Å²) in [6.45, 7) is 4.74. The van der Waals surface area contributed by atoms with Crippen LogP contribution in [0.1, 0.15) is 50.0 Å². The standard InChI is InChI=1S/C11H17N3O/c1-3-14-9(8-12-13-14)10(15)11(2)6-4-5-7-11/h8H,3-7H2,1-2H3. The minimum Gasteiger partial charge on any atom is -0.292 e. The van der Waals surface area contributed by atoms with Crippen molar-refractivity contribution >= 4 is 5.78 Å². The maximum atomic E-state index is 12.3. The third-order valence-corrected chi connectivity index (χ3v) is 3.41. The highest BCUT2D eigenvalue weighted by Gasteiger charge is 2.38. The van der Waals surface area contributed by atoms with Gasteiger partial charge in [0.25, 0.3) is 0 Å². The van der Waals surface area contributed by atoms with E-state index in [2.05, 4.69) is 17.2 Å². The summed E-state index contributed by atoms with van der Waals surface area (Å²) in [5.41, 5.74) is 0.496. The fraction of sp³-hybridized carbons (Fsp3) is 0.727. The van der Waals surface area contributed by atoms with Gasteiger partial charge in [0.05, 0.1) is 6.20 Å². The molecule has 1 aromatic rings. The Kier molecular flexibility index (Phi) is 2.59. The number of aryl methyl sites for hydroxylation is 1. The molecule has 15 heavy (non-hydrogen) atoms. The molecule has 1 aliphatic rings. The van der Waals surface area contributed by atoms with E-state index in [9.17, 15) is 4.79 Å². The van der Waals surface area contributed by atoms with Crippen molar-refractivity contribution in [3.05, 3.63) is 11.9 Å². The van der Waals surface area contributed by atoms with E-state index in [4.69, 9.17) is 0 Å². The quantitative estimate of drug-likeness (QED) is 0.713. The second-order valence-corrected chi connectivity index (χ2v) is 4.53. The lowest BCUT2D eigenvalue weighted by molar-refractivity contribution is 0.0811. The van der Waals surface area contributed by atoms with Gasteiger partial charge in [0, 0.05) is 12.0 Å². The molecule has 4 heteroatoms. The molecule has 1 heterocycles. The van der Waals surface area contributed by atoms with Gasteiger partial charge >= 0.3 is 0 Å². The van der Waals surface area contributed by atoms with Crippen LogP contribution in [0.4, 0.5) is 0 Å². The van der Waals surface area contributed by atoms with Crippen molar-refractivity contribution in [1.82, 2.24) is 15.0 Å². The Labute approximate surface area is 89.7 Å². The topological polar surface area (TPSA) is 47.8 Å². The molecule has 4 nitrogen and oxygen atoms in total. The molecule has 0 unspecified atom stereocenters. The summed E-state index contributed by atoms with van der Waals surface area (Å²) in [5.74, 6) is 0.215. The lowest BCUT2D eigenvalue weighted by Gasteiger charge is -2.21. The van der Waals surface area contributed by atoms with Gasteiger partial charge in [-0.05, 0) is 19.8 Å². The molecule has 1 aliphatic carbocycles. The van der Waals surface area contributed by atoms with Crippen molar-refractivity contribution in [3.8, 4) is 0 Å². The Bertz CT molecular complexity index is 364. The summed E-state index contributed by atoms with van der Waals surface area (Å²) in [7, 11) is 0. The number of ketones is 1. The number of Topliss-reactive ketones (excluding diaryl/α,β-unsaturated/α-hetero) is 1. The molecule has 0 spiro atoms. The fourth-order valence-corrected chi connectivity index (χ4v) is 2.36. The molecule has 1 fully saturated rings. The molecule has 1 aromatic heterocycles. The van der Waals surface area contributed by atoms with Gasteiger partial charge in [-0.3, -0.25) is 4.79 Å². The average molecular weight is 207 g/mol. The van der Waals surface area contributed by atoms with E-state index in [1.807, 2.05) is 6.92 Å². The van der Waals surface area contributed by atoms with E-state index < -0.39 is 0 Å². The summed E-state index contributed by atoms with van der Waals surface area (Å²) in [6.07, 6.45) is 5.92. The number of carbonyl (C=O) groups excluding carboxylic acids is 1. The van der Waals surface area contributed by atoms with Crippen LogP contribution in [0, 0.1) is 5.41 Å². The summed E-state index contributed by atoms with van der Waals surface area (Å²) in [4.78, 5) is 12.3. The first-order valence-electron chi connectivity index (χ1n) is 5.61. The summed E-state index contributed by atoms with van der Waals surface area (Å²) in [6, 6.07) is 0. The number of aromatic nitrogens is 3. The number of hydrogen-bond donors (Lipinski definition) is 0. The Morgan fingerprint density at radius 1 is 1.53 bits per heavy atom. The third-order valence-electron chi connectivity index (χ3n) is 3.41. The highest BCUT2D eigenvalue weighted by Crippen LogP contribution is 2.40. The van der Waals surface area contributed by atoms with Gasteiger partial charge in [0.1, 0.15) is 5.69 Å². The van der Waals surface area contributed by atoms with Gasteiger partial charge < -0.3 is 0 Å². The van der Waals surface area contributed by atoms with Crippen LogP contribution in [0.15, 0.2) is 6.20 Å². The van der Waals surface area contributed by atoms with E-state index in [0.29, 0.717) is 12.2 Å². The van der Waals surface area contributed by atoms with Crippen molar-refractivity contribution in [2.24, 2.45) is 5.41 Å². The van der Waals surface area contributed by atoms with E-state index >= 15 is 0 Å². The third kappa shape index (κ3) is 1.68. The van der Waals surface area contributed by atoms with Crippen molar-refractivity contribution < 1.29 is 4.79 Å². The summed E-state index contributed by atoms with van der Waals surface area (Å²) >= 11 is 0. The van der Waals surface area contributed by atoms with Gasteiger partial charge in [-0.1, -0.05) is 25.0 Å². The monoisotopic (exact) mass is 207 g/mol. The zero-order valence-electron chi connectivity index (χ0n) is 9.36. The first kappa shape index (κ1) is 10.3. The zero-order valence-corrected chi connectivity index (χ0v) is 9.36. The van der Waals surface area contributed by atoms with Crippen molar-refractivity contribution in [2.75, 3.05) is 0 Å². The molecule has 0 saturated heterocycles. The number of nitrogens with zero attached hydrogens (tertiary/aromatic N) is 3. The smallest absolute Gasteiger partial charge is 0.188 e. The predicted molar refractivity (Wildman–Crippen MR) is 56.6 cm³/mol. The second kappa shape index (κ2) is 3.76. The molecule has 0 atom stereocenters. The highest BCUT2D eigenvalue weighted by atomic mass is 16.1. The van der Waals surface area contributed by atoms with Crippen LogP contribution in [0.2, 0.25) is 0 Å². The Balaban J connectivity index is 2.27. The molecule has 0 aromatic carbocycles. The maximum absolute atomic E-state index is 12.3. The Morgan fingerprint density at radius 2 is 2.20 bits per heavy atom. The molecule has 0 radical (unpaired) electrons. The molecule has 0 aliphatic heterocycles. The van der Waals surface area contributed by atoms with E-state index in [1.165, 1.54) is 0 Å². The van der Waals surface area contributed by atoms with Gasteiger partial charge in [-0.15, -0.1) is 5.10 Å². The second-order valence-electron chi connectivity index (χ2n) is 4.53. The molecule has 1 saturated carbocycles. The van der Waals surface area contributed by atoms with Crippen LogP contribution >= 0.6 is 0 Å². The largest absolute Gasteiger partial charge is 0.292 e. The SMILES string of the molecule is CCn1nncc1C(=O)C1(C)CCCC1. The Morgan fingerprint density at radius 3 is 2.80 bits per heavy atom. The van der Waals surface area contributed by atoms with Crippen LogP contribution in [0.5, 0.6) is 0 Å². The summed E-state index contributed by atoms with van der Waals surface area (Å²) < 4.78 is 1.69. The lowest BCUT2D eigenvalue weighted by atomic mass is 9.82. The molecule has 82 valence electrons. The van der Waals surface area contributed by atoms with Gasteiger partial charge in [-0.25, -0.2) is 4.68 Å². The zero-order chi connectivity index (χ0) is 10.9. The van der Waals surface area contributed by atoms with E-state index in [-0.39, 0.29) is 11.2 Å². The molecular formula is C11H17N3O. The average Bonchev–Trinajstić information content (AvgIpc) is 2.85. The first-order chi connectivity index (χ1) is 7.17. The first-order valence-corrected chi connectivity index (χ1v) is 5.61. The molecular weight excluding hydrogens is 190 g/mol. The molecule has 0 N–H and O–H groups in total. The van der Waals surface area contributed by atoms with Crippen LogP contribution in [-0.2, 0) is 6.54 Å². The molecule has 0 bridgehead atoms. The predicted octanol–water partition coefficient (Wildman–Crippen LogP) is 2.06. The van der Waals surface area contributed by atoms with Crippen molar-refractivity contribution in [2.45, 2.75) is 46.1 Å². The fourth-order valence-electron chi connectivity index (χ4n) is 2.36. The van der Waals surface area contributed by atoms with Gasteiger partial charge in [0.2, 0.25) is 0 Å². The minimum atomic E-state index is -0.172. The van der Waals surface area contributed by atoms with Crippen LogP contribution < -0.4 is 0 Å². The van der Waals surface area contributed by atoms with Crippen LogP contribution in [0.3, 0.4) is 0 Å². The minimum absolute atomic E-state index is 0.172. The normalized spacial score (nSPS) is 19.3. The maximum Gasteiger partial charge on any atom is 0.188 e. The van der Waals surface area contributed by atoms with Gasteiger partial charge in [0.15, 0.2) is 5.78 Å². The van der Waals surface area contributed by atoms with E-state index in [1.54, 1.807) is 10.9 Å². The lowest BCUT2D eigenvalue weighted by Crippen LogP contribution is -2.26.